The minimum Gasteiger partial charge on any atom is -0.468 e. The predicted octanol–water partition coefficient (Wildman–Crippen LogP) is 1.59. The third kappa shape index (κ3) is 2.89. The highest BCUT2D eigenvalue weighted by Gasteiger charge is 2.35. The van der Waals surface area contributed by atoms with Crippen molar-refractivity contribution in [1.82, 2.24) is 19.7 Å². The molecule has 2 aromatic heterocycles. The van der Waals surface area contributed by atoms with E-state index in [9.17, 15) is 4.79 Å². The number of furan rings is 1. The molecule has 0 aliphatic carbocycles. The number of aromatic nitrogens is 2. The number of amides is 1. The second-order valence-electron chi connectivity index (χ2n) is 6.01. The number of fused-ring (bicyclic) bond motifs is 1. The molecule has 0 N–H and O–H groups in total. The molecule has 0 unspecified atom stereocenters. The number of hydroxylamine groups is 2. The molecule has 0 saturated carbocycles. The first-order valence-corrected chi connectivity index (χ1v) is 8.03. The Morgan fingerprint density at radius 2 is 2.30 bits per heavy atom. The molecule has 7 nitrogen and oxygen atoms in total. The van der Waals surface area contributed by atoms with Crippen LogP contribution in [0.2, 0.25) is 0 Å². The lowest BCUT2D eigenvalue weighted by molar-refractivity contribution is -0.201. The van der Waals surface area contributed by atoms with Gasteiger partial charge in [0.15, 0.2) is 0 Å². The van der Waals surface area contributed by atoms with Gasteiger partial charge in [-0.05, 0) is 31.0 Å². The fraction of sp³-hybridized carbons (Fsp3) is 0.500. The number of hydrogen-bond acceptors (Lipinski definition) is 5. The third-order valence-corrected chi connectivity index (χ3v) is 4.36. The first-order chi connectivity index (χ1) is 11.3. The minimum absolute atomic E-state index is 0.0150. The molecule has 0 bridgehead atoms. The van der Waals surface area contributed by atoms with Gasteiger partial charge >= 0.3 is 0 Å². The van der Waals surface area contributed by atoms with Crippen LogP contribution in [0.5, 0.6) is 0 Å². The summed E-state index contributed by atoms with van der Waals surface area (Å²) < 4.78 is 7.27. The van der Waals surface area contributed by atoms with Gasteiger partial charge in [0.2, 0.25) is 0 Å². The first-order valence-electron chi connectivity index (χ1n) is 8.03. The summed E-state index contributed by atoms with van der Waals surface area (Å²) in [5.74, 6) is 0.886. The molecule has 1 saturated heterocycles. The molecule has 2 aliphatic rings. The van der Waals surface area contributed by atoms with Crippen LogP contribution in [-0.4, -0.2) is 45.3 Å². The molecule has 23 heavy (non-hydrogen) atoms. The highest BCUT2D eigenvalue weighted by molar-refractivity contribution is 5.80. The van der Waals surface area contributed by atoms with Crippen molar-refractivity contribution in [2.24, 2.45) is 0 Å². The topological polar surface area (TPSA) is 63.7 Å². The summed E-state index contributed by atoms with van der Waals surface area (Å²) in [5, 5.41) is 5.86. The van der Waals surface area contributed by atoms with Gasteiger partial charge in [0.25, 0.3) is 5.91 Å². The van der Waals surface area contributed by atoms with Crippen LogP contribution < -0.4 is 0 Å². The van der Waals surface area contributed by atoms with Crippen LogP contribution in [0.3, 0.4) is 0 Å². The van der Waals surface area contributed by atoms with Gasteiger partial charge in [0.1, 0.15) is 11.8 Å². The van der Waals surface area contributed by atoms with Crippen LogP contribution in [0.4, 0.5) is 0 Å². The average molecular weight is 316 g/mol. The van der Waals surface area contributed by atoms with Crippen molar-refractivity contribution >= 4 is 5.91 Å². The van der Waals surface area contributed by atoms with Crippen LogP contribution in [0.15, 0.2) is 35.1 Å². The highest BCUT2D eigenvalue weighted by atomic mass is 16.7. The van der Waals surface area contributed by atoms with E-state index in [1.54, 1.807) is 12.5 Å². The fourth-order valence-electron chi connectivity index (χ4n) is 3.23. The summed E-state index contributed by atoms with van der Waals surface area (Å²) >= 11 is 0. The zero-order chi connectivity index (χ0) is 15.6. The molecular formula is C16H20N4O3. The van der Waals surface area contributed by atoms with Crippen LogP contribution in [0.1, 0.15) is 30.3 Å². The van der Waals surface area contributed by atoms with E-state index in [0.717, 1.165) is 30.8 Å². The Balaban J connectivity index is 1.54. The van der Waals surface area contributed by atoms with E-state index in [1.807, 2.05) is 22.9 Å². The molecule has 1 amide bonds. The molecule has 1 atom stereocenters. The van der Waals surface area contributed by atoms with Crippen LogP contribution in [0.25, 0.3) is 0 Å². The smallest absolute Gasteiger partial charge is 0.272 e. The molecule has 0 aromatic carbocycles. The number of hydrogen-bond donors (Lipinski definition) is 0. The molecule has 7 heteroatoms. The second-order valence-corrected chi connectivity index (χ2v) is 6.01. The van der Waals surface area contributed by atoms with Crippen molar-refractivity contribution in [3.63, 3.8) is 0 Å². The number of nitrogens with zero attached hydrogens (tertiary/aromatic N) is 4. The number of carbonyl (C=O) groups excluding carboxylic acids is 1. The van der Waals surface area contributed by atoms with Crippen molar-refractivity contribution in [2.45, 2.75) is 32.0 Å². The number of carbonyl (C=O) groups is 1. The van der Waals surface area contributed by atoms with Crippen molar-refractivity contribution in [3.8, 4) is 0 Å². The Labute approximate surface area is 134 Å². The molecule has 122 valence electrons. The summed E-state index contributed by atoms with van der Waals surface area (Å²) in [6, 6.07) is 5.46. The maximum atomic E-state index is 12.9. The monoisotopic (exact) mass is 316 g/mol. The standard InChI is InChI=1S/C16H20N4O3/c21-16(19-7-1-2-9-23-19)15-12-18(11-14-4-3-8-22-14)10-13-5-6-17-20(13)15/h3-6,8,15H,1-2,7,9-12H2/t15-/m0/s1. The van der Waals surface area contributed by atoms with Gasteiger partial charge in [-0.3, -0.25) is 19.2 Å². The molecule has 0 radical (unpaired) electrons. The van der Waals surface area contributed by atoms with E-state index in [2.05, 4.69) is 10.00 Å². The van der Waals surface area contributed by atoms with Gasteiger partial charge < -0.3 is 4.42 Å². The molecular weight excluding hydrogens is 296 g/mol. The van der Waals surface area contributed by atoms with Crippen molar-refractivity contribution < 1.29 is 14.0 Å². The normalized spacial score (nSPS) is 22.1. The fourth-order valence-corrected chi connectivity index (χ4v) is 3.23. The van der Waals surface area contributed by atoms with E-state index in [0.29, 0.717) is 26.2 Å². The summed E-state index contributed by atoms with van der Waals surface area (Å²) in [7, 11) is 0. The lowest BCUT2D eigenvalue weighted by Crippen LogP contribution is -2.47. The van der Waals surface area contributed by atoms with Crippen LogP contribution >= 0.6 is 0 Å². The van der Waals surface area contributed by atoms with Gasteiger partial charge in [-0.25, -0.2) is 5.06 Å². The van der Waals surface area contributed by atoms with Crippen molar-refractivity contribution in [3.05, 3.63) is 42.1 Å². The Morgan fingerprint density at radius 3 is 3.09 bits per heavy atom. The Hall–Kier alpha value is -2.12. The van der Waals surface area contributed by atoms with E-state index in [1.165, 1.54) is 5.06 Å². The molecule has 0 spiro atoms. The van der Waals surface area contributed by atoms with E-state index >= 15 is 0 Å². The Morgan fingerprint density at radius 1 is 1.35 bits per heavy atom. The quantitative estimate of drug-likeness (QED) is 0.860. The average Bonchev–Trinajstić information content (AvgIpc) is 3.26. The molecule has 2 aliphatic heterocycles. The van der Waals surface area contributed by atoms with Gasteiger partial charge in [0, 0.05) is 25.8 Å². The van der Waals surface area contributed by atoms with Gasteiger partial charge in [-0.15, -0.1) is 0 Å². The van der Waals surface area contributed by atoms with Crippen LogP contribution in [0, 0.1) is 0 Å². The van der Waals surface area contributed by atoms with Crippen molar-refractivity contribution in [2.75, 3.05) is 19.7 Å². The Bertz CT molecular complexity index is 661. The molecule has 1 fully saturated rings. The predicted molar refractivity (Wildman–Crippen MR) is 81.0 cm³/mol. The van der Waals surface area contributed by atoms with Gasteiger partial charge in [-0.2, -0.15) is 5.10 Å². The number of rotatable bonds is 3. The van der Waals surface area contributed by atoms with Gasteiger partial charge in [0.05, 0.1) is 25.1 Å². The second kappa shape index (κ2) is 6.17. The molecule has 2 aromatic rings. The summed E-state index contributed by atoms with van der Waals surface area (Å²) in [6.45, 7) is 3.31. The van der Waals surface area contributed by atoms with E-state index in [4.69, 9.17) is 9.25 Å². The van der Waals surface area contributed by atoms with E-state index in [-0.39, 0.29) is 11.9 Å². The van der Waals surface area contributed by atoms with Gasteiger partial charge in [-0.1, -0.05) is 0 Å². The third-order valence-electron chi connectivity index (χ3n) is 4.36. The zero-order valence-electron chi connectivity index (χ0n) is 12.9. The zero-order valence-corrected chi connectivity index (χ0v) is 12.9. The van der Waals surface area contributed by atoms with E-state index < -0.39 is 0 Å². The lowest BCUT2D eigenvalue weighted by Gasteiger charge is -2.36. The Kier molecular flexibility index (Phi) is 3.88. The molecule has 4 rings (SSSR count). The maximum Gasteiger partial charge on any atom is 0.272 e. The summed E-state index contributed by atoms with van der Waals surface area (Å²) in [4.78, 5) is 20.6. The first kappa shape index (κ1) is 14.5. The SMILES string of the molecule is O=C([C@@H]1CN(Cc2ccco2)Cc2ccnn21)N1CCCCO1. The van der Waals surface area contributed by atoms with Crippen molar-refractivity contribution in [1.29, 1.82) is 0 Å². The molecule has 4 heterocycles. The highest BCUT2D eigenvalue weighted by Crippen LogP contribution is 2.24. The lowest BCUT2D eigenvalue weighted by atomic mass is 10.1. The largest absolute Gasteiger partial charge is 0.468 e. The maximum absolute atomic E-state index is 12.9. The van der Waals surface area contributed by atoms with Crippen LogP contribution in [-0.2, 0) is 22.7 Å². The minimum atomic E-state index is -0.346. The summed E-state index contributed by atoms with van der Waals surface area (Å²) in [5.41, 5.74) is 1.04. The summed E-state index contributed by atoms with van der Waals surface area (Å²) in [6.07, 6.45) is 5.42.